The first kappa shape index (κ1) is 14.8. The second-order valence-electron chi connectivity index (χ2n) is 4.69. The Morgan fingerprint density at radius 2 is 2.10 bits per heavy atom. The molecule has 0 saturated carbocycles. The molecule has 0 aliphatic rings. The van der Waals surface area contributed by atoms with Crippen LogP contribution in [-0.4, -0.2) is 11.5 Å². The molecular weight excluding hydrogens is 272 g/mol. The molecule has 0 atom stereocenters. The number of hydrogen-bond donors (Lipinski definition) is 1. The predicted octanol–water partition coefficient (Wildman–Crippen LogP) is 4.34. The highest BCUT2D eigenvalue weighted by atomic mass is 35.5. The highest BCUT2D eigenvalue weighted by Crippen LogP contribution is 2.26. The summed E-state index contributed by atoms with van der Waals surface area (Å²) in [5, 5.41) is 4.05. The van der Waals surface area contributed by atoms with Crippen molar-refractivity contribution < 1.29 is 4.74 Å². The number of ether oxygens (including phenoxy) is 1. The number of nitrogens with zero attached hydrogens (tertiary/aromatic N) is 1. The molecule has 20 heavy (non-hydrogen) atoms. The number of nitrogens with one attached hydrogen (secondary N) is 1. The topological polar surface area (TPSA) is 34.1 Å². The third kappa shape index (κ3) is 4.22. The Balaban J connectivity index is 1.99. The average molecular weight is 291 g/mol. The van der Waals surface area contributed by atoms with E-state index >= 15 is 0 Å². The molecule has 0 radical (unpaired) electrons. The van der Waals surface area contributed by atoms with Gasteiger partial charge >= 0.3 is 0 Å². The number of benzene rings is 1. The lowest BCUT2D eigenvalue weighted by Crippen LogP contribution is -2.13. The maximum Gasteiger partial charge on any atom is 0.219 e. The number of aromatic nitrogens is 1. The van der Waals surface area contributed by atoms with Crippen molar-refractivity contribution >= 4 is 11.6 Å². The average Bonchev–Trinajstić information content (AvgIpc) is 2.44. The van der Waals surface area contributed by atoms with Crippen LogP contribution in [0.3, 0.4) is 0 Å². The first-order chi connectivity index (χ1) is 9.69. The largest absolute Gasteiger partial charge is 0.439 e. The maximum atomic E-state index is 5.92. The van der Waals surface area contributed by atoms with E-state index in [-0.39, 0.29) is 0 Å². The summed E-state index contributed by atoms with van der Waals surface area (Å²) in [6.45, 7) is 5.96. The first-order valence-electron chi connectivity index (χ1n) is 6.78. The molecule has 0 saturated heterocycles. The number of halogens is 1. The molecule has 2 aromatic rings. The fourth-order valence-electron chi connectivity index (χ4n) is 1.83. The Bertz CT molecular complexity index is 555. The molecule has 0 amide bonds. The second kappa shape index (κ2) is 7.27. The molecule has 4 heteroatoms. The van der Waals surface area contributed by atoms with Crippen LogP contribution in [0.4, 0.5) is 0 Å². The monoisotopic (exact) mass is 290 g/mol. The zero-order valence-electron chi connectivity index (χ0n) is 11.8. The molecule has 0 bridgehead atoms. The van der Waals surface area contributed by atoms with Gasteiger partial charge in [0.25, 0.3) is 0 Å². The summed E-state index contributed by atoms with van der Waals surface area (Å²) < 4.78 is 5.75. The zero-order chi connectivity index (χ0) is 14.4. The highest BCUT2D eigenvalue weighted by molar-refractivity contribution is 6.30. The molecule has 0 unspecified atom stereocenters. The van der Waals surface area contributed by atoms with E-state index < -0.39 is 0 Å². The van der Waals surface area contributed by atoms with Crippen LogP contribution < -0.4 is 10.1 Å². The number of hydrogen-bond acceptors (Lipinski definition) is 3. The highest BCUT2D eigenvalue weighted by Gasteiger charge is 2.03. The molecule has 0 fully saturated rings. The minimum Gasteiger partial charge on any atom is -0.439 e. The third-order valence-corrected chi connectivity index (χ3v) is 3.14. The van der Waals surface area contributed by atoms with Crippen LogP contribution in [0.1, 0.15) is 24.5 Å². The van der Waals surface area contributed by atoms with Crippen molar-refractivity contribution in [3.63, 3.8) is 0 Å². The van der Waals surface area contributed by atoms with E-state index in [1.165, 1.54) is 0 Å². The fourth-order valence-corrected chi connectivity index (χ4v) is 2.05. The summed E-state index contributed by atoms with van der Waals surface area (Å²) in [5.74, 6) is 1.37. The zero-order valence-corrected chi connectivity index (χ0v) is 12.6. The quantitative estimate of drug-likeness (QED) is 0.804. The molecule has 2 rings (SSSR count). The van der Waals surface area contributed by atoms with Crippen LogP contribution in [0.15, 0.2) is 36.5 Å². The third-order valence-electron chi connectivity index (χ3n) is 2.91. The van der Waals surface area contributed by atoms with E-state index in [0.29, 0.717) is 10.9 Å². The molecule has 1 aromatic carbocycles. The number of aryl methyl sites for hydroxylation is 1. The van der Waals surface area contributed by atoms with E-state index in [1.54, 1.807) is 0 Å². The summed E-state index contributed by atoms with van der Waals surface area (Å²) in [7, 11) is 0. The summed E-state index contributed by atoms with van der Waals surface area (Å²) in [4.78, 5) is 4.32. The Kier molecular flexibility index (Phi) is 5.39. The first-order valence-corrected chi connectivity index (χ1v) is 7.16. The van der Waals surface area contributed by atoms with Gasteiger partial charge in [-0.25, -0.2) is 4.98 Å². The van der Waals surface area contributed by atoms with Gasteiger partial charge in [0.15, 0.2) is 0 Å². The molecule has 3 nitrogen and oxygen atoms in total. The van der Waals surface area contributed by atoms with Crippen LogP contribution in [0.5, 0.6) is 11.6 Å². The van der Waals surface area contributed by atoms with E-state index in [1.807, 2.05) is 43.5 Å². The number of pyridine rings is 1. The van der Waals surface area contributed by atoms with Crippen molar-refractivity contribution in [1.82, 2.24) is 10.3 Å². The summed E-state index contributed by atoms with van der Waals surface area (Å²) in [6.07, 6.45) is 2.97. The van der Waals surface area contributed by atoms with Gasteiger partial charge in [-0.15, -0.1) is 0 Å². The minimum atomic E-state index is 0.592. The van der Waals surface area contributed by atoms with Crippen molar-refractivity contribution in [2.24, 2.45) is 0 Å². The van der Waals surface area contributed by atoms with Gasteiger partial charge in [0.1, 0.15) is 5.75 Å². The Morgan fingerprint density at radius 3 is 2.75 bits per heavy atom. The lowest BCUT2D eigenvalue weighted by atomic mass is 10.2. The van der Waals surface area contributed by atoms with E-state index in [2.05, 4.69) is 17.2 Å². The molecular formula is C16H19ClN2O. The molecule has 0 spiro atoms. The molecule has 1 heterocycles. The van der Waals surface area contributed by atoms with Crippen molar-refractivity contribution in [2.75, 3.05) is 6.54 Å². The van der Waals surface area contributed by atoms with Crippen molar-refractivity contribution in [2.45, 2.75) is 26.8 Å². The molecule has 0 aliphatic heterocycles. The standard InChI is InChI=1S/C16H19ClN2O/c1-3-8-18-10-13-4-7-16(19-11-13)20-15-6-5-14(17)9-12(15)2/h4-7,9,11,18H,3,8,10H2,1-2H3. The van der Waals surface area contributed by atoms with Gasteiger partial charge in [0, 0.05) is 23.8 Å². The van der Waals surface area contributed by atoms with Gasteiger partial charge in [-0.05, 0) is 49.2 Å². The lowest BCUT2D eigenvalue weighted by Gasteiger charge is -2.09. The van der Waals surface area contributed by atoms with Crippen LogP contribution >= 0.6 is 11.6 Å². The van der Waals surface area contributed by atoms with Crippen molar-refractivity contribution in [1.29, 1.82) is 0 Å². The van der Waals surface area contributed by atoms with Crippen LogP contribution in [-0.2, 0) is 6.54 Å². The van der Waals surface area contributed by atoms with E-state index in [0.717, 1.165) is 36.4 Å². The van der Waals surface area contributed by atoms with Crippen molar-refractivity contribution in [3.05, 3.63) is 52.7 Å². The van der Waals surface area contributed by atoms with Gasteiger partial charge in [0.2, 0.25) is 5.88 Å². The van der Waals surface area contributed by atoms with E-state index in [4.69, 9.17) is 16.3 Å². The van der Waals surface area contributed by atoms with Gasteiger partial charge in [-0.1, -0.05) is 24.6 Å². The van der Waals surface area contributed by atoms with Gasteiger partial charge in [-0.2, -0.15) is 0 Å². The second-order valence-corrected chi connectivity index (χ2v) is 5.13. The fraction of sp³-hybridized carbons (Fsp3) is 0.312. The SMILES string of the molecule is CCCNCc1ccc(Oc2ccc(Cl)cc2C)nc1. The summed E-state index contributed by atoms with van der Waals surface area (Å²) in [5.41, 5.74) is 2.15. The molecule has 0 aliphatic carbocycles. The van der Waals surface area contributed by atoms with Crippen LogP contribution in [0, 0.1) is 6.92 Å². The molecule has 1 aromatic heterocycles. The smallest absolute Gasteiger partial charge is 0.219 e. The predicted molar refractivity (Wildman–Crippen MR) is 82.5 cm³/mol. The van der Waals surface area contributed by atoms with Gasteiger partial charge in [-0.3, -0.25) is 0 Å². The molecule has 1 N–H and O–H groups in total. The van der Waals surface area contributed by atoms with Crippen molar-refractivity contribution in [3.8, 4) is 11.6 Å². The summed E-state index contributed by atoms with van der Waals surface area (Å²) in [6, 6.07) is 9.45. The number of rotatable bonds is 6. The van der Waals surface area contributed by atoms with Gasteiger partial charge in [0.05, 0.1) is 0 Å². The maximum absolute atomic E-state index is 5.92. The lowest BCUT2D eigenvalue weighted by molar-refractivity contribution is 0.459. The van der Waals surface area contributed by atoms with Crippen LogP contribution in [0.2, 0.25) is 5.02 Å². The molecule has 106 valence electrons. The Morgan fingerprint density at radius 1 is 1.25 bits per heavy atom. The Labute approximate surface area is 124 Å². The van der Waals surface area contributed by atoms with Crippen LogP contribution in [0.25, 0.3) is 0 Å². The summed E-state index contributed by atoms with van der Waals surface area (Å²) >= 11 is 5.92. The van der Waals surface area contributed by atoms with Gasteiger partial charge < -0.3 is 10.1 Å². The normalized spacial score (nSPS) is 10.6. The Hall–Kier alpha value is -1.58. The van der Waals surface area contributed by atoms with E-state index in [9.17, 15) is 0 Å². The minimum absolute atomic E-state index is 0.592.